The van der Waals surface area contributed by atoms with Gasteiger partial charge in [-0.1, -0.05) is 77.4 Å². The Kier molecular flexibility index (Phi) is 6.57. The van der Waals surface area contributed by atoms with Crippen LogP contribution in [0.1, 0.15) is 0 Å². The van der Waals surface area contributed by atoms with Gasteiger partial charge in [0.25, 0.3) is 0 Å². The Hall–Kier alpha value is -3.17. The fourth-order valence-electron chi connectivity index (χ4n) is 3.37. The number of nitrogens with one attached hydrogen (secondary N) is 1. The minimum atomic E-state index is -4.57. The molecule has 1 heterocycles. The number of para-hydroxylation sites is 1. The zero-order valence-corrected chi connectivity index (χ0v) is 18.4. The normalized spacial score (nSPS) is 11.4. The van der Waals surface area contributed by atoms with Crippen LogP contribution in [-0.4, -0.2) is 31.2 Å². The second-order valence-corrected chi connectivity index (χ2v) is 8.55. The van der Waals surface area contributed by atoms with E-state index in [1.165, 1.54) is 0 Å². The van der Waals surface area contributed by atoms with E-state index in [2.05, 4.69) is 5.16 Å². The van der Waals surface area contributed by atoms with Gasteiger partial charge >= 0.3 is 0 Å². The molecule has 0 aliphatic heterocycles. The molecule has 0 aliphatic carbocycles. The van der Waals surface area contributed by atoms with Crippen molar-refractivity contribution in [3.8, 4) is 22.4 Å². The summed E-state index contributed by atoms with van der Waals surface area (Å²) in [6, 6.07) is 26.2. The summed E-state index contributed by atoms with van der Waals surface area (Å²) in [5.74, 6) is 0.428. The molecule has 1 N–H and O–H groups in total. The van der Waals surface area contributed by atoms with E-state index in [1.807, 2.05) is 77.5 Å². The highest BCUT2D eigenvalue weighted by Crippen LogP contribution is 2.42. The number of rotatable bonds is 8. The summed E-state index contributed by atoms with van der Waals surface area (Å²) in [5, 5.41) is 4.94. The van der Waals surface area contributed by atoms with E-state index in [0.29, 0.717) is 16.6 Å². The molecule has 0 aliphatic rings. The van der Waals surface area contributed by atoms with E-state index in [-0.39, 0.29) is 13.1 Å². The maximum absolute atomic E-state index is 11.1. The molecule has 0 amide bonds. The van der Waals surface area contributed by atoms with Crippen LogP contribution in [0.15, 0.2) is 89.5 Å². The highest BCUT2D eigenvalue weighted by Gasteiger charge is 2.25. The average molecular weight is 469 g/mol. The van der Waals surface area contributed by atoms with Crippen LogP contribution in [-0.2, 0) is 10.3 Å². The average Bonchev–Trinajstić information content (AvgIpc) is 3.22. The van der Waals surface area contributed by atoms with Gasteiger partial charge in [0.2, 0.25) is 5.88 Å². The molecule has 3 aromatic carbocycles. The highest BCUT2D eigenvalue weighted by atomic mass is 35.5. The van der Waals surface area contributed by atoms with Crippen LogP contribution in [0.25, 0.3) is 22.4 Å². The second-order valence-electron chi connectivity index (χ2n) is 6.92. The van der Waals surface area contributed by atoms with Crippen molar-refractivity contribution in [1.29, 1.82) is 0 Å². The minimum absolute atomic E-state index is 0.105. The number of anilines is 2. The van der Waals surface area contributed by atoms with E-state index >= 15 is 0 Å². The van der Waals surface area contributed by atoms with Gasteiger partial charge in [-0.3, -0.25) is 0 Å². The molecule has 0 fully saturated rings. The molecule has 9 heteroatoms. The van der Waals surface area contributed by atoms with Gasteiger partial charge in [0.1, 0.15) is 5.69 Å². The number of nitrogens with zero attached hydrogens (tertiary/aromatic N) is 2. The van der Waals surface area contributed by atoms with Gasteiger partial charge in [0.15, 0.2) is 10.3 Å². The molecule has 7 nitrogen and oxygen atoms in total. The Morgan fingerprint density at radius 1 is 0.906 bits per heavy atom. The molecule has 0 saturated carbocycles. The maximum atomic E-state index is 11.1. The Morgan fingerprint density at radius 3 is 2.16 bits per heavy atom. The lowest BCUT2D eigenvalue weighted by Crippen LogP contribution is -2.32. The van der Waals surface area contributed by atoms with Crippen molar-refractivity contribution >= 4 is 33.5 Å². The van der Waals surface area contributed by atoms with Gasteiger partial charge < -0.3 is 14.0 Å². The number of hydrogen-bond donors (Lipinski definition) is 1. The summed E-state index contributed by atoms with van der Waals surface area (Å²) in [6.45, 7) is 0.0481. The molecular weight excluding hydrogens is 450 g/mol. The molecule has 0 spiro atoms. The predicted molar refractivity (Wildman–Crippen MR) is 124 cm³/mol. The van der Waals surface area contributed by atoms with Crippen molar-refractivity contribution in [2.24, 2.45) is 0 Å². The Labute approximate surface area is 191 Å². The van der Waals surface area contributed by atoms with Crippen LogP contribution in [0, 0.1) is 0 Å². The number of hydrogen-bond acceptors (Lipinski definition) is 6. The summed E-state index contributed by atoms with van der Waals surface area (Å²) >= 11 is 6.05. The third-order valence-corrected chi connectivity index (χ3v) is 5.59. The van der Waals surface area contributed by atoms with Crippen molar-refractivity contribution in [2.45, 2.75) is 0 Å². The summed E-state index contributed by atoms with van der Waals surface area (Å²) in [4.78, 5) is 1.78. The lowest BCUT2D eigenvalue weighted by molar-refractivity contribution is 0.424. The second kappa shape index (κ2) is 9.54. The Morgan fingerprint density at radius 2 is 1.53 bits per heavy atom. The SMILES string of the molecule is O=S(=O)([O-])NCCN(c1ccccc1)c1onc(-c2ccc(Cl)cc2)c1-c1ccccc1. The van der Waals surface area contributed by atoms with E-state index in [0.717, 1.165) is 22.4 Å². The van der Waals surface area contributed by atoms with Crippen LogP contribution >= 0.6 is 11.6 Å². The van der Waals surface area contributed by atoms with Gasteiger partial charge in [-0.05, 0) is 29.8 Å². The molecule has 1 aromatic heterocycles. The summed E-state index contributed by atoms with van der Waals surface area (Å²) in [7, 11) is -4.57. The quantitative estimate of drug-likeness (QED) is 0.371. The largest absolute Gasteiger partial charge is 0.735 e. The highest BCUT2D eigenvalue weighted by molar-refractivity contribution is 7.83. The summed E-state index contributed by atoms with van der Waals surface area (Å²) in [5.41, 5.74) is 3.80. The van der Waals surface area contributed by atoms with Crippen LogP contribution in [0.3, 0.4) is 0 Å². The number of halogens is 1. The lowest BCUT2D eigenvalue weighted by Gasteiger charge is -2.23. The molecular formula is C23H19ClN3O4S-. The first-order valence-electron chi connectivity index (χ1n) is 9.76. The van der Waals surface area contributed by atoms with Crippen molar-refractivity contribution in [2.75, 3.05) is 18.0 Å². The van der Waals surface area contributed by atoms with E-state index in [4.69, 9.17) is 16.1 Å². The molecule has 4 aromatic rings. The minimum Gasteiger partial charge on any atom is -0.735 e. The van der Waals surface area contributed by atoms with Gasteiger partial charge in [0, 0.05) is 29.4 Å². The molecule has 0 unspecified atom stereocenters. The van der Waals surface area contributed by atoms with Crippen LogP contribution in [0.2, 0.25) is 5.02 Å². The topological polar surface area (TPSA) is 98.5 Å². The van der Waals surface area contributed by atoms with E-state index < -0.39 is 10.3 Å². The predicted octanol–water partition coefficient (Wildman–Crippen LogP) is 4.85. The van der Waals surface area contributed by atoms with Crippen LogP contribution < -0.4 is 9.62 Å². The van der Waals surface area contributed by atoms with Crippen molar-refractivity contribution in [3.05, 3.63) is 90.0 Å². The number of aromatic nitrogens is 1. The molecule has 0 bridgehead atoms. The van der Waals surface area contributed by atoms with Crippen molar-refractivity contribution in [3.63, 3.8) is 0 Å². The summed E-state index contributed by atoms with van der Waals surface area (Å²) < 4.78 is 41.0. The Bertz CT molecular complexity index is 1280. The van der Waals surface area contributed by atoms with Crippen LogP contribution in [0.5, 0.6) is 0 Å². The lowest BCUT2D eigenvalue weighted by atomic mass is 10.0. The number of benzene rings is 3. The first-order chi connectivity index (χ1) is 15.4. The fraction of sp³-hybridized carbons (Fsp3) is 0.0870. The van der Waals surface area contributed by atoms with Gasteiger partial charge in [-0.15, -0.1) is 0 Å². The van der Waals surface area contributed by atoms with Crippen molar-refractivity contribution < 1.29 is 17.5 Å². The van der Waals surface area contributed by atoms with Gasteiger partial charge in [0.05, 0.1) is 5.56 Å². The van der Waals surface area contributed by atoms with E-state index in [9.17, 15) is 13.0 Å². The first kappa shape index (κ1) is 22.0. The molecule has 0 saturated heterocycles. The zero-order valence-electron chi connectivity index (χ0n) is 16.8. The molecule has 164 valence electrons. The van der Waals surface area contributed by atoms with Gasteiger partial charge in [-0.2, -0.15) is 0 Å². The van der Waals surface area contributed by atoms with Crippen molar-refractivity contribution in [1.82, 2.24) is 9.88 Å². The zero-order chi connectivity index (χ0) is 22.6. The molecule has 32 heavy (non-hydrogen) atoms. The molecule has 0 atom stereocenters. The smallest absolute Gasteiger partial charge is 0.240 e. The fourth-order valence-corrected chi connectivity index (χ4v) is 3.84. The van der Waals surface area contributed by atoms with E-state index in [1.54, 1.807) is 17.0 Å². The third-order valence-electron chi connectivity index (χ3n) is 4.78. The summed E-state index contributed by atoms with van der Waals surface area (Å²) in [6.07, 6.45) is 0. The maximum Gasteiger partial charge on any atom is 0.240 e. The first-order valence-corrected chi connectivity index (χ1v) is 11.5. The third kappa shape index (κ3) is 5.17. The van der Waals surface area contributed by atoms with Gasteiger partial charge in [-0.25, -0.2) is 13.1 Å². The molecule has 0 radical (unpaired) electrons. The monoisotopic (exact) mass is 468 g/mol. The standard InChI is InChI=1S/C23H20ClN3O4S/c24-19-13-11-18(12-14-19)22-21(17-7-3-1-4-8-17)23(31-26-22)27(16-15-25-32(28,29)30)20-9-5-2-6-10-20/h1-14,25H,15-16H2,(H,28,29,30)/p-1. The molecule has 4 rings (SSSR count). The van der Waals surface area contributed by atoms with Crippen LogP contribution in [0.4, 0.5) is 11.6 Å². The Balaban J connectivity index is 1.84.